The Morgan fingerprint density at radius 1 is 1.00 bits per heavy atom. The van der Waals surface area contributed by atoms with Gasteiger partial charge in [-0.05, 0) is 36.6 Å². The number of amides is 1. The van der Waals surface area contributed by atoms with Crippen LogP contribution in [0.2, 0.25) is 0 Å². The molecule has 0 bridgehead atoms. The second kappa shape index (κ2) is 7.43. The maximum absolute atomic E-state index is 12.8. The number of pyridine rings is 1. The van der Waals surface area contributed by atoms with E-state index in [0.717, 1.165) is 63.7 Å². The van der Waals surface area contributed by atoms with Crippen molar-refractivity contribution in [3.8, 4) is 5.75 Å². The molecule has 2 saturated heterocycles. The Morgan fingerprint density at radius 2 is 1.79 bits per heavy atom. The number of aromatic nitrogens is 1. The standard InChI is InChI=1S/C22H26N4O2/c27-22(20-9-8-17-5-1-2-6-19(17)28-20)26-15-18(16-26)24-11-13-25(14-12-24)21-7-3-4-10-23-21/h1-7,10,18,20H,8-9,11-16H2. The van der Waals surface area contributed by atoms with E-state index in [0.29, 0.717) is 6.04 Å². The van der Waals surface area contributed by atoms with Gasteiger partial charge in [-0.1, -0.05) is 24.3 Å². The molecule has 5 rings (SSSR count). The van der Waals surface area contributed by atoms with Gasteiger partial charge in [-0.15, -0.1) is 0 Å². The van der Waals surface area contributed by atoms with Gasteiger partial charge in [0.25, 0.3) is 5.91 Å². The van der Waals surface area contributed by atoms with Gasteiger partial charge in [0.2, 0.25) is 0 Å². The third-order valence-corrected chi connectivity index (χ3v) is 6.17. The maximum Gasteiger partial charge on any atom is 0.263 e. The molecule has 0 saturated carbocycles. The highest BCUT2D eigenvalue weighted by Gasteiger charge is 2.40. The van der Waals surface area contributed by atoms with Crippen LogP contribution in [-0.4, -0.2) is 72.1 Å². The Bertz CT molecular complexity index is 829. The van der Waals surface area contributed by atoms with E-state index in [1.807, 2.05) is 41.4 Å². The highest BCUT2D eigenvalue weighted by molar-refractivity contribution is 5.82. The lowest BCUT2D eigenvalue weighted by Gasteiger charge is -2.49. The highest BCUT2D eigenvalue weighted by Crippen LogP contribution is 2.29. The predicted octanol–water partition coefficient (Wildman–Crippen LogP) is 1.81. The molecule has 1 amide bonds. The lowest BCUT2D eigenvalue weighted by Crippen LogP contribution is -2.65. The molecule has 0 spiro atoms. The fourth-order valence-electron chi connectivity index (χ4n) is 4.42. The van der Waals surface area contributed by atoms with Crippen LogP contribution in [0.15, 0.2) is 48.7 Å². The van der Waals surface area contributed by atoms with E-state index in [-0.39, 0.29) is 12.0 Å². The molecule has 1 aromatic carbocycles. The summed E-state index contributed by atoms with van der Waals surface area (Å²) in [4.78, 5) is 24.1. The van der Waals surface area contributed by atoms with E-state index in [9.17, 15) is 4.79 Å². The Morgan fingerprint density at radius 3 is 2.57 bits per heavy atom. The zero-order valence-corrected chi connectivity index (χ0v) is 16.0. The van der Waals surface area contributed by atoms with Crippen molar-refractivity contribution in [1.29, 1.82) is 0 Å². The molecule has 3 aliphatic rings. The second-order valence-corrected chi connectivity index (χ2v) is 7.86. The van der Waals surface area contributed by atoms with Crippen LogP contribution in [0.1, 0.15) is 12.0 Å². The van der Waals surface area contributed by atoms with E-state index in [4.69, 9.17) is 4.74 Å². The van der Waals surface area contributed by atoms with Gasteiger partial charge < -0.3 is 14.5 Å². The first-order valence-electron chi connectivity index (χ1n) is 10.2. The van der Waals surface area contributed by atoms with Gasteiger partial charge in [0.05, 0.1) is 0 Å². The summed E-state index contributed by atoms with van der Waals surface area (Å²) in [6.45, 7) is 5.68. The minimum atomic E-state index is -0.322. The number of piperazine rings is 1. The molecule has 146 valence electrons. The molecular weight excluding hydrogens is 352 g/mol. The van der Waals surface area contributed by atoms with Crippen molar-refractivity contribution in [3.05, 3.63) is 54.2 Å². The molecule has 1 atom stereocenters. The normalized spacial score (nSPS) is 22.9. The smallest absolute Gasteiger partial charge is 0.263 e. The van der Waals surface area contributed by atoms with Gasteiger partial charge in [-0.3, -0.25) is 9.69 Å². The van der Waals surface area contributed by atoms with E-state index in [2.05, 4.69) is 26.9 Å². The van der Waals surface area contributed by atoms with Crippen LogP contribution in [-0.2, 0) is 11.2 Å². The van der Waals surface area contributed by atoms with Crippen molar-refractivity contribution >= 4 is 11.7 Å². The van der Waals surface area contributed by atoms with Crippen LogP contribution in [0, 0.1) is 0 Å². The third kappa shape index (κ3) is 3.33. The van der Waals surface area contributed by atoms with Crippen molar-refractivity contribution < 1.29 is 9.53 Å². The van der Waals surface area contributed by atoms with Crippen LogP contribution in [0.3, 0.4) is 0 Å². The van der Waals surface area contributed by atoms with Gasteiger partial charge in [-0.25, -0.2) is 4.98 Å². The van der Waals surface area contributed by atoms with Crippen molar-refractivity contribution in [2.75, 3.05) is 44.2 Å². The van der Waals surface area contributed by atoms with E-state index >= 15 is 0 Å². The lowest BCUT2D eigenvalue weighted by molar-refractivity contribution is -0.147. The number of anilines is 1. The summed E-state index contributed by atoms with van der Waals surface area (Å²) in [6.07, 6.45) is 3.22. The number of rotatable bonds is 3. The summed E-state index contributed by atoms with van der Waals surface area (Å²) in [5.74, 6) is 2.08. The van der Waals surface area contributed by atoms with Gasteiger partial charge in [0.1, 0.15) is 11.6 Å². The lowest BCUT2D eigenvalue weighted by atomic mass is 9.99. The third-order valence-electron chi connectivity index (χ3n) is 6.17. The van der Waals surface area contributed by atoms with Crippen LogP contribution >= 0.6 is 0 Å². The van der Waals surface area contributed by atoms with Crippen LogP contribution < -0.4 is 9.64 Å². The molecule has 1 unspecified atom stereocenters. The minimum Gasteiger partial charge on any atom is -0.480 e. The molecule has 0 aliphatic carbocycles. The molecular formula is C22H26N4O2. The Kier molecular flexibility index (Phi) is 4.64. The fraction of sp³-hybridized carbons (Fsp3) is 0.455. The fourth-order valence-corrected chi connectivity index (χ4v) is 4.42. The zero-order valence-electron chi connectivity index (χ0n) is 16.0. The zero-order chi connectivity index (χ0) is 18.9. The summed E-state index contributed by atoms with van der Waals surface area (Å²) in [6, 6.07) is 14.6. The Labute approximate surface area is 165 Å². The quantitative estimate of drug-likeness (QED) is 0.815. The average molecular weight is 378 g/mol. The molecule has 28 heavy (non-hydrogen) atoms. The molecule has 0 N–H and O–H groups in total. The number of benzene rings is 1. The van der Waals surface area contributed by atoms with Crippen molar-refractivity contribution in [3.63, 3.8) is 0 Å². The number of para-hydroxylation sites is 1. The molecule has 6 nitrogen and oxygen atoms in total. The molecule has 3 aliphatic heterocycles. The van der Waals surface area contributed by atoms with Gasteiger partial charge in [0.15, 0.2) is 6.10 Å². The van der Waals surface area contributed by atoms with Crippen molar-refractivity contribution in [2.24, 2.45) is 0 Å². The maximum atomic E-state index is 12.8. The van der Waals surface area contributed by atoms with Crippen LogP contribution in [0.5, 0.6) is 5.75 Å². The molecule has 4 heterocycles. The number of carbonyl (C=O) groups is 1. The summed E-state index contributed by atoms with van der Waals surface area (Å²) in [7, 11) is 0. The average Bonchev–Trinajstić information content (AvgIpc) is 2.73. The number of aryl methyl sites for hydroxylation is 1. The summed E-state index contributed by atoms with van der Waals surface area (Å²) < 4.78 is 5.98. The number of hydrogen-bond acceptors (Lipinski definition) is 5. The predicted molar refractivity (Wildman–Crippen MR) is 108 cm³/mol. The van der Waals surface area contributed by atoms with E-state index < -0.39 is 0 Å². The van der Waals surface area contributed by atoms with Crippen LogP contribution in [0.4, 0.5) is 5.82 Å². The number of ether oxygens (including phenoxy) is 1. The Balaban J connectivity index is 1.11. The number of fused-ring (bicyclic) bond motifs is 1. The molecule has 6 heteroatoms. The number of likely N-dealkylation sites (tertiary alicyclic amines) is 1. The second-order valence-electron chi connectivity index (χ2n) is 7.86. The van der Waals surface area contributed by atoms with Crippen LogP contribution in [0.25, 0.3) is 0 Å². The number of nitrogens with zero attached hydrogens (tertiary/aromatic N) is 4. The monoisotopic (exact) mass is 378 g/mol. The first kappa shape index (κ1) is 17.5. The van der Waals surface area contributed by atoms with E-state index in [1.165, 1.54) is 5.56 Å². The van der Waals surface area contributed by atoms with Gasteiger partial charge in [0, 0.05) is 51.5 Å². The summed E-state index contributed by atoms with van der Waals surface area (Å²) in [5, 5.41) is 0. The Hall–Kier alpha value is -2.60. The first-order chi connectivity index (χ1) is 13.8. The topological polar surface area (TPSA) is 48.9 Å². The SMILES string of the molecule is O=C(C1CCc2ccccc2O1)N1CC(N2CCN(c3ccccn3)CC2)C1. The molecule has 2 fully saturated rings. The van der Waals surface area contributed by atoms with E-state index in [1.54, 1.807) is 0 Å². The van der Waals surface area contributed by atoms with Crippen molar-refractivity contribution in [2.45, 2.75) is 25.0 Å². The minimum absolute atomic E-state index is 0.151. The molecule has 2 aromatic rings. The number of hydrogen-bond donors (Lipinski definition) is 0. The molecule has 1 aromatic heterocycles. The van der Waals surface area contributed by atoms with Gasteiger partial charge in [-0.2, -0.15) is 0 Å². The van der Waals surface area contributed by atoms with Crippen molar-refractivity contribution in [1.82, 2.24) is 14.8 Å². The largest absolute Gasteiger partial charge is 0.480 e. The first-order valence-corrected chi connectivity index (χ1v) is 10.2. The summed E-state index contributed by atoms with van der Waals surface area (Å²) >= 11 is 0. The highest BCUT2D eigenvalue weighted by atomic mass is 16.5. The molecule has 0 radical (unpaired) electrons. The summed E-state index contributed by atoms with van der Waals surface area (Å²) in [5.41, 5.74) is 1.21. The van der Waals surface area contributed by atoms with Gasteiger partial charge >= 0.3 is 0 Å². The number of carbonyl (C=O) groups excluding carboxylic acids is 1.